The van der Waals surface area contributed by atoms with Gasteiger partial charge in [0, 0.05) is 4.65 Å². The standard InChI is InChI=1S/C12H23O.CH3.Al.H/c1-2-3-4-5-6-7-8-9-10-11-12-13;;;/h2-11H2,1H3;1H3;;. The van der Waals surface area contributed by atoms with E-state index in [4.69, 9.17) is 0 Å². The number of unbranched alkanes of at least 4 members (excludes halogenated alkanes) is 8. The van der Waals surface area contributed by atoms with E-state index in [9.17, 15) is 4.79 Å². The van der Waals surface area contributed by atoms with E-state index in [1.807, 2.05) is 0 Å². The first kappa shape index (κ1) is 15.2. The van der Waals surface area contributed by atoms with E-state index in [-0.39, 0.29) is 15.2 Å². The Bertz CT molecular complexity index is 145. The van der Waals surface area contributed by atoms with E-state index in [1.165, 1.54) is 51.4 Å². The molecule has 0 amide bonds. The topological polar surface area (TPSA) is 17.1 Å². The zero-order valence-corrected chi connectivity index (χ0v) is 12.1. The van der Waals surface area contributed by atoms with Crippen LogP contribution in [-0.2, 0) is 4.79 Å². The van der Waals surface area contributed by atoms with E-state index in [0.29, 0.717) is 4.65 Å². The van der Waals surface area contributed by atoms with Crippen molar-refractivity contribution in [3.05, 3.63) is 0 Å². The molecule has 0 radical (unpaired) electrons. The molecule has 0 aromatic heterocycles. The summed E-state index contributed by atoms with van der Waals surface area (Å²) in [5, 5.41) is 0. The smallest absolute Gasteiger partial charge is 0.321 e. The molecule has 0 fully saturated rings. The van der Waals surface area contributed by atoms with Gasteiger partial charge in [0.15, 0.2) is 0 Å². The largest absolute Gasteiger partial charge is 0.339 e. The van der Waals surface area contributed by atoms with Gasteiger partial charge >= 0.3 is 15.2 Å². The van der Waals surface area contributed by atoms with Crippen molar-refractivity contribution in [3.63, 3.8) is 0 Å². The van der Waals surface area contributed by atoms with Crippen LogP contribution in [0.5, 0.6) is 0 Å². The van der Waals surface area contributed by atoms with Gasteiger partial charge < -0.3 is 4.79 Å². The summed E-state index contributed by atoms with van der Waals surface area (Å²) < 4.78 is 0.568. The summed E-state index contributed by atoms with van der Waals surface area (Å²) in [6.07, 6.45) is 13.0. The van der Waals surface area contributed by atoms with Crippen LogP contribution in [0.3, 0.4) is 0 Å². The SMILES string of the molecule is CCCCCCCCCCC[C](=O)[AlH][CH3]. The normalized spacial score (nSPS) is 10.3. The molecule has 0 rings (SSSR count). The van der Waals surface area contributed by atoms with Gasteiger partial charge in [-0.15, -0.1) is 5.79 Å². The Morgan fingerprint density at radius 1 is 0.867 bits per heavy atom. The highest BCUT2D eigenvalue weighted by Crippen LogP contribution is 2.10. The molecule has 0 aromatic rings. The van der Waals surface area contributed by atoms with Crippen LogP contribution in [0.1, 0.15) is 71.1 Å². The van der Waals surface area contributed by atoms with Crippen LogP contribution in [0, 0.1) is 0 Å². The second kappa shape index (κ2) is 12.3. The third kappa shape index (κ3) is 12.1. The van der Waals surface area contributed by atoms with Crippen molar-refractivity contribution in [1.82, 2.24) is 0 Å². The van der Waals surface area contributed by atoms with E-state index >= 15 is 0 Å². The summed E-state index contributed by atoms with van der Waals surface area (Å²) in [4.78, 5) is 11.1. The molecule has 0 spiro atoms. The van der Waals surface area contributed by atoms with Crippen LogP contribution < -0.4 is 0 Å². The lowest BCUT2D eigenvalue weighted by Gasteiger charge is -2.01. The van der Waals surface area contributed by atoms with Crippen LogP contribution in [0.25, 0.3) is 0 Å². The van der Waals surface area contributed by atoms with Crippen LogP contribution in [-0.4, -0.2) is 19.9 Å². The van der Waals surface area contributed by atoms with Crippen molar-refractivity contribution < 1.29 is 4.79 Å². The van der Waals surface area contributed by atoms with Gasteiger partial charge in [-0.1, -0.05) is 58.3 Å². The Morgan fingerprint density at radius 2 is 1.33 bits per heavy atom. The molecular weight excluding hydrogens is 199 g/mol. The van der Waals surface area contributed by atoms with Gasteiger partial charge in [0.25, 0.3) is 0 Å². The van der Waals surface area contributed by atoms with Crippen molar-refractivity contribution >= 4 is 19.9 Å². The second-order valence-corrected chi connectivity index (χ2v) is 5.97. The van der Waals surface area contributed by atoms with Gasteiger partial charge in [-0.3, -0.25) is 0 Å². The minimum Gasteiger partial charge on any atom is -0.321 e. The molecule has 0 atom stereocenters. The van der Waals surface area contributed by atoms with Crippen molar-refractivity contribution in [2.24, 2.45) is 0 Å². The predicted octanol–water partition coefficient (Wildman–Crippen LogP) is 3.92. The van der Waals surface area contributed by atoms with E-state index in [0.717, 1.165) is 12.8 Å². The minimum atomic E-state index is -0.354. The van der Waals surface area contributed by atoms with E-state index in [1.54, 1.807) is 0 Å². The van der Waals surface area contributed by atoms with Crippen molar-refractivity contribution in [2.45, 2.75) is 76.9 Å². The molecule has 0 saturated heterocycles. The minimum absolute atomic E-state index is 0.354. The van der Waals surface area contributed by atoms with Crippen LogP contribution in [0.4, 0.5) is 0 Å². The summed E-state index contributed by atoms with van der Waals surface area (Å²) >= 11 is -0.354. The lowest BCUT2D eigenvalue weighted by molar-refractivity contribution is -0.112. The van der Waals surface area contributed by atoms with Gasteiger partial charge in [-0.2, -0.15) is 0 Å². The highest BCUT2D eigenvalue weighted by atomic mass is 27.1. The van der Waals surface area contributed by atoms with E-state index < -0.39 is 0 Å². The van der Waals surface area contributed by atoms with Gasteiger partial charge in [-0.25, -0.2) is 0 Å². The molecular formula is C13H27AlO. The van der Waals surface area contributed by atoms with Crippen LogP contribution in [0.15, 0.2) is 0 Å². The Morgan fingerprint density at radius 3 is 1.80 bits per heavy atom. The molecule has 0 aliphatic heterocycles. The molecule has 0 unspecified atom stereocenters. The van der Waals surface area contributed by atoms with Crippen LogP contribution >= 0.6 is 0 Å². The fourth-order valence-electron chi connectivity index (χ4n) is 1.81. The van der Waals surface area contributed by atoms with Crippen LogP contribution in [0.2, 0.25) is 5.79 Å². The zero-order valence-electron chi connectivity index (χ0n) is 10.7. The number of carbonyl (C=O) groups is 1. The molecule has 0 N–H and O–H groups in total. The number of carbonyl (C=O) groups excluding carboxylic acids is 1. The van der Waals surface area contributed by atoms with Crippen molar-refractivity contribution in [2.75, 3.05) is 0 Å². The Hall–Kier alpha value is 0.202. The molecule has 15 heavy (non-hydrogen) atoms. The summed E-state index contributed by atoms with van der Waals surface area (Å²) in [6, 6.07) is 0. The highest BCUT2D eigenvalue weighted by Gasteiger charge is 1.99. The third-order valence-corrected chi connectivity index (χ3v) is 4.10. The molecule has 88 valence electrons. The fourth-order valence-corrected chi connectivity index (χ4v) is 2.41. The second-order valence-electron chi connectivity index (χ2n) is 4.47. The maximum Gasteiger partial charge on any atom is 0.339 e. The molecule has 0 aliphatic carbocycles. The average molecular weight is 226 g/mol. The number of rotatable bonds is 11. The number of hydrogen-bond donors (Lipinski definition) is 0. The molecule has 1 nitrogen and oxygen atoms in total. The van der Waals surface area contributed by atoms with E-state index in [2.05, 4.69) is 12.7 Å². The molecule has 0 saturated carbocycles. The maximum atomic E-state index is 11.1. The molecule has 0 heterocycles. The Labute approximate surface area is 102 Å². The summed E-state index contributed by atoms with van der Waals surface area (Å²) in [7, 11) is 0. The average Bonchev–Trinajstić information content (AvgIpc) is 2.26. The summed E-state index contributed by atoms with van der Waals surface area (Å²) in [5.74, 6) is 2.09. The number of hydrogen-bond acceptors (Lipinski definition) is 1. The van der Waals surface area contributed by atoms with Crippen molar-refractivity contribution in [1.29, 1.82) is 0 Å². The Kier molecular flexibility index (Phi) is 12.4. The lowest BCUT2D eigenvalue weighted by atomic mass is 10.1. The fraction of sp³-hybridized carbons (Fsp3) is 0.923. The molecule has 0 bridgehead atoms. The summed E-state index contributed by atoms with van der Waals surface area (Å²) in [5.41, 5.74) is 0. The first-order chi connectivity index (χ1) is 7.31. The highest BCUT2D eigenvalue weighted by molar-refractivity contribution is 6.72. The molecule has 2 heteroatoms. The van der Waals surface area contributed by atoms with Gasteiger partial charge in [0.2, 0.25) is 0 Å². The molecule has 0 aromatic carbocycles. The maximum absolute atomic E-state index is 11.1. The van der Waals surface area contributed by atoms with Gasteiger partial charge in [0.1, 0.15) is 0 Å². The quantitative estimate of drug-likeness (QED) is 0.385. The Balaban J connectivity index is 2.95. The first-order valence-corrected chi connectivity index (χ1v) is 8.95. The summed E-state index contributed by atoms with van der Waals surface area (Å²) in [6.45, 7) is 2.26. The monoisotopic (exact) mass is 226 g/mol. The predicted molar refractivity (Wildman–Crippen MR) is 69.9 cm³/mol. The molecule has 0 aliphatic rings. The first-order valence-electron chi connectivity index (χ1n) is 6.83. The zero-order chi connectivity index (χ0) is 11.4. The van der Waals surface area contributed by atoms with Gasteiger partial charge in [0.05, 0.1) is 0 Å². The van der Waals surface area contributed by atoms with Gasteiger partial charge in [-0.05, 0) is 12.8 Å². The third-order valence-electron chi connectivity index (χ3n) is 2.95. The van der Waals surface area contributed by atoms with Crippen molar-refractivity contribution in [3.8, 4) is 0 Å². The lowest BCUT2D eigenvalue weighted by Crippen LogP contribution is -2.03.